The van der Waals surface area contributed by atoms with Crippen LogP contribution in [0.1, 0.15) is 0 Å². The second-order valence-electron chi connectivity index (χ2n) is 3.27. The van der Waals surface area contributed by atoms with Crippen molar-refractivity contribution in [2.45, 2.75) is 9.90 Å². The summed E-state index contributed by atoms with van der Waals surface area (Å²) < 4.78 is -1.65. The summed E-state index contributed by atoms with van der Waals surface area (Å²) in [7, 11) is 1.83. The van der Waals surface area contributed by atoms with Crippen LogP contribution in [0.5, 0.6) is 0 Å². The molecule has 1 aromatic carbocycles. The maximum Gasteiger partial charge on any atom is 0.217 e. The number of halogens is 3. The molecule has 1 atom stereocenters. The molecule has 1 unspecified atom stereocenters. The largest absolute Gasteiger partial charge is 0.387 e. The highest BCUT2D eigenvalue weighted by molar-refractivity contribution is 6.68. The summed E-state index contributed by atoms with van der Waals surface area (Å²) in [5, 5.41) is 9.58. The summed E-state index contributed by atoms with van der Waals surface area (Å²) >= 11 is 16.7. The number of hydrogen-bond acceptors (Lipinski definition) is 2. The lowest BCUT2D eigenvalue weighted by Crippen LogP contribution is -2.37. The number of nitrogens with zero attached hydrogens (tertiary/aromatic N) is 1. The van der Waals surface area contributed by atoms with Gasteiger partial charge >= 0.3 is 0 Å². The number of alkyl halides is 3. The van der Waals surface area contributed by atoms with E-state index in [1.165, 1.54) is 0 Å². The molecule has 0 saturated carbocycles. The third kappa shape index (κ3) is 4.07. The predicted molar refractivity (Wildman–Crippen MR) is 66.0 cm³/mol. The Morgan fingerprint density at radius 1 is 1.27 bits per heavy atom. The Hall–Kier alpha value is -0.150. The Balaban J connectivity index is 2.61. The highest BCUT2D eigenvalue weighted by Crippen LogP contribution is 2.31. The van der Waals surface area contributed by atoms with E-state index in [-0.39, 0.29) is 6.54 Å². The molecule has 0 aliphatic heterocycles. The van der Waals surface area contributed by atoms with Crippen LogP contribution in [0.25, 0.3) is 0 Å². The molecule has 84 valence electrons. The molecular weight excluding hydrogens is 256 g/mol. The van der Waals surface area contributed by atoms with Crippen LogP contribution in [0.2, 0.25) is 0 Å². The number of rotatable bonds is 3. The molecule has 15 heavy (non-hydrogen) atoms. The van der Waals surface area contributed by atoms with Crippen molar-refractivity contribution in [1.82, 2.24) is 0 Å². The monoisotopic (exact) mass is 267 g/mol. The first-order valence-electron chi connectivity index (χ1n) is 4.42. The van der Waals surface area contributed by atoms with E-state index in [0.29, 0.717) is 0 Å². The van der Waals surface area contributed by atoms with Crippen LogP contribution in [-0.4, -0.2) is 28.6 Å². The average molecular weight is 269 g/mol. The average Bonchev–Trinajstić information content (AvgIpc) is 2.17. The van der Waals surface area contributed by atoms with E-state index >= 15 is 0 Å². The quantitative estimate of drug-likeness (QED) is 0.852. The van der Waals surface area contributed by atoms with E-state index < -0.39 is 9.90 Å². The van der Waals surface area contributed by atoms with Crippen LogP contribution in [0.3, 0.4) is 0 Å². The van der Waals surface area contributed by atoms with Crippen molar-refractivity contribution < 1.29 is 5.11 Å². The molecule has 0 saturated heterocycles. The van der Waals surface area contributed by atoms with Crippen LogP contribution >= 0.6 is 34.8 Å². The van der Waals surface area contributed by atoms with Gasteiger partial charge in [0.25, 0.3) is 0 Å². The number of para-hydroxylation sites is 1. The Bertz CT molecular complexity index is 299. The minimum Gasteiger partial charge on any atom is -0.387 e. The van der Waals surface area contributed by atoms with Crippen LogP contribution < -0.4 is 4.90 Å². The highest BCUT2D eigenvalue weighted by Gasteiger charge is 2.31. The molecule has 0 amide bonds. The molecule has 1 rings (SSSR count). The molecule has 0 aromatic heterocycles. The predicted octanol–water partition coefficient (Wildman–Crippen LogP) is 2.85. The Labute approximate surface area is 104 Å². The van der Waals surface area contributed by atoms with Crippen molar-refractivity contribution >= 4 is 40.5 Å². The molecule has 0 aliphatic rings. The summed E-state index contributed by atoms with van der Waals surface area (Å²) in [5.74, 6) is 0. The van der Waals surface area contributed by atoms with E-state index in [9.17, 15) is 5.11 Å². The molecular formula is C10H12Cl3NO. The second-order valence-corrected chi connectivity index (χ2v) is 5.64. The summed E-state index contributed by atoms with van der Waals surface area (Å²) in [5.41, 5.74) is 0.964. The van der Waals surface area contributed by atoms with Gasteiger partial charge in [0.1, 0.15) is 6.10 Å². The van der Waals surface area contributed by atoms with Crippen molar-refractivity contribution in [3.63, 3.8) is 0 Å². The van der Waals surface area contributed by atoms with Crippen LogP contribution in [0, 0.1) is 0 Å². The standard InChI is InChI=1S/C10H12Cl3NO/c1-14(7-9(15)10(11,12)13)8-5-3-2-4-6-8/h2-6,9,15H,7H2,1H3. The SMILES string of the molecule is CN(CC(O)C(Cl)(Cl)Cl)c1ccccc1. The summed E-state index contributed by atoms with van der Waals surface area (Å²) in [6.07, 6.45) is -1.02. The zero-order valence-corrected chi connectivity index (χ0v) is 10.5. The van der Waals surface area contributed by atoms with E-state index in [1.807, 2.05) is 42.3 Å². The lowest BCUT2D eigenvalue weighted by molar-refractivity contribution is 0.185. The van der Waals surface area contributed by atoms with Gasteiger partial charge in [0.05, 0.1) is 0 Å². The number of anilines is 1. The van der Waals surface area contributed by atoms with Crippen molar-refractivity contribution in [2.75, 3.05) is 18.5 Å². The molecule has 5 heteroatoms. The summed E-state index contributed by atoms with van der Waals surface area (Å²) in [4.78, 5) is 1.83. The zero-order chi connectivity index (χ0) is 11.5. The number of aliphatic hydroxyl groups is 1. The van der Waals surface area contributed by atoms with Crippen molar-refractivity contribution in [1.29, 1.82) is 0 Å². The molecule has 0 bridgehead atoms. The maximum atomic E-state index is 9.58. The fourth-order valence-electron chi connectivity index (χ4n) is 1.15. The van der Waals surface area contributed by atoms with Crippen LogP contribution in [0.4, 0.5) is 5.69 Å². The van der Waals surface area contributed by atoms with Crippen molar-refractivity contribution in [3.05, 3.63) is 30.3 Å². The molecule has 0 radical (unpaired) electrons. The molecule has 1 aromatic rings. The van der Waals surface area contributed by atoms with Gasteiger partial charge < -0.3 is 10.0 Å². The van der Waals surface area contributed by atoms with Gasteiger partial charge in [-0.2, -0.15) is 0 Å². The van der Waals surface area contributed by atoms with E-state index in [1.54, 1.807) is 0 Å². The normalized spacial score (nSPS) is 13.7. The zero-order valence-electron chi connectivity index (χ0n) is 8.20. The fraction of sp³-hybridized carbons (Fsp3) is 0.400. The smallest absolute Gasteiger partial charge is 0.217 e. The van der Waals surface area contributed by atoms with E-state index in [0.717, 1.165) is 5.69 Å². The van der Waals surface area contributed by atoms with Gasteiger partial charge in [-0.25, -0.2) is 0 Å². The summed E-state index contributed by atoms with van der Waals surface area (Å²) in [6.45, 7) is 0.264. The number of benzene rings is 1. The highest BCUT2D eigenvalue weighted by atomic mass is 35.6. The molecule has 1 N–H and O–H groups in total. The lowest BCUT2D eigenvalue weighted by Gasteiger charge is -2.26. The number of likely N-dealkylation sites (N-methyl/N-ethyl adjacent to an activating group) is 1. The minimum absolute atomic E-state index is 0.264. The van der Waals surface area contributed by atoms with Gasteiger partial charge in [-0.1, -0.05) is 53.0 Å². The fourth-order valence-corrected chi connectivity index (χ4v) is 1.36. The number of hydrogen-bond donors (Lipinski definition) is 1. The first kappa shape index (κ1) is 12.9. The Kier molecular flexibility index (Phi) is 4.53. The van der Waals surface area contributed by atoms with E-state index in [2.05, 4.69) is 0 Å². The van der Waals surface area contributed by atoms with Crippen molar-refractivity contribution in [3.8, 4) is 0 Å². The molecule has 0 fully saturated rings. The first-order valence-corrected chi connectivity index (χ1v) is 5.55. The van der Waals surface area contributed by atoms with Crippen molar-refractivity contribution in [2.24, 2.45) is 0 Å². The number of aliphatic hydroxyl groups excluding tert-OH is 1. The first-order chi connectivity index (χ1) is 6.91. The van der Waals surface area contributed by atoms with Gasteiger partial charge in [-0.3, -0.25) is 0 Å². The molecule has 2 nitrogen and oxygen atoms in total. The second kappa shape index (κ2) is 5.26. The Morgan fingerprint density at radius 2 is 1.80 bits per heavy atom. The molecule has 0 heterocycles. The topological polar surface area (TPSA) is 23.5 Å². The van der Waals surface area contributed by atoms with Crippen LogP contribution in [0.15, 0.2) is 30.3 Å². The minimum atomic E-state index is -1.65. The van der Waals surface area contributed by atoms with Gasteiger partial charge in [-0.05, 0) is 12.1 Å². The van der Waals surface area contributed by atoms with Crippen LogP contribution in [-0.2, 0) is 0 Å². The van der Waals surface area contributed by atoms with E-state index in [4.69, 9.17) is 34.8 Å². The lowest BCUT2D eigenvalue weighted by atomic mass is 10.3. The summed E-state index contributed by atoms with van der Waals surface area (Å²) in [6, 6.07) is 9.58. The maximum absolute atomic E-state index is 9.58. The van der Waals surface area contributed by atoms with Gasteiger partial charge in [0.2, 0.25) is 3.79 Å². The Morgan fingerprint density at radius 3 is 2.27 bits per heavy atom. The molecule has 0 spiro atoms. The van der Waals surface area contributed by atoms with Gasteiger partial charge in [-0.15, -0.1) is 0 Å². The third-order valence-electron chi connectivity index (χ3n) is 2.02. The molecule has 0 aliphatic carbocycles. The van der Waals surface area contributed by atoms with Gasteiger partial charge in [0, 0.05) is 19.3 Å². The third-order valence-corrected chi connectivity index (χ3v) is 2.78. The van der Waals surface area contributed by atoms with Gasteiger partial charge in [0.15, 0.2) is 0 Å².